The maximum atomic E-state index is 11.5. The largest absolute Gasteiger partial charge is 0.361 e. The number of nitrogens with zero attached hydrogens (tertiary/aromatic N) is 1. The van der Waals surface area contributed by atoms with E-state index in [0.717, 1.165) is 24.4 Å². The second-order valence-electron chi connectivity index (χ2n) is 6.24. The van der Waals surface area contributed by atoms with E-state index in [0.29, 0.717) is 19.6 Å². The molecule has 0 fully saturated rings. The molecule has 1 amide bonds. The van der Waals surface area contributed by atoms with Gasteiger partial charge in [0.25, 0.3) is 0 Å². The van der Waals surface area contributed by atoms with E-state index in [9.17, 15) is 4.79 Å². The third-order valence-corrected chi connectivity index (χ3v) is 3.91. The van der Waals surface area contributed by atoms with Crippen molar-refractivity contribution in [2.45, 2.75) is 27.2 Å². The molecule has 136 valence electrons. The first-order valence-corrected chi connectivity index (χ1v) is 8.96. The number of aromatic amines is 1. The molecular formula is C19H29N5O. The lowest BCUT2D eigenvalue weighted by Gasteiger charge is -2.12. The number of hydrogen-bond acceptors (Lipinski definition) is 2. The molecule has 0 saturated carbocycles. The fraction of sp³-hybridized carbons (Fsp3) is 0.474. The van der Waals surface area contributed by atoms with Crippen molar-refractivity contribution in [2.24, 2.45) is 10.9 Å². The molecule has 25 heavy (non-hydrogen) atoms. The molecule has 1 heterocycles. The second kappa shape index (κ2) is 9.71. The molecule has 6 heteroatoms. The normalized spacial score (nSPS) is 11.8. The van der Waals surface area contributed by atoms with Crippen molar-refractivity contribution < 1.29 is 4.79 Å². The zero-order valence-corrected chi connectivity index (χ0v) is 15.4. The third kappa shape index (κ3) is 5.81. The average molecular weight is 343 g/mol. The molecule has 1 aromatic carbocycles. The highest BCUT2D eigenvalue weighted by molar-refractivity contribution is 5.83. The van der Waals surface area contributed by atoms with Crippen molar-refractivity contribution in [2.75, 3.05) is 26.2 Å². The number of carbonyl (C=O) groups is 1. The van der Waals surface area contributed by atoms with Crippen LogP contribution in [0, 0.1) is 5.92 Å². The summed E-state index contributed by atoms with van der Waals surface area (Å²) in [5.41, 5.74) is 2.44. The Kier molecular flexibility index (Phi) is 7.32. The zero-order valence-electron chi connectivity index (χ0n) is 15.4. The number of carbonyl (C=O) groups excluding carboxylic acids is 1. The summed E-state index contributed by atoms with van der Waals surface area (Å²) in [5.74, 6) is 0.863. The first kappa shape index (κ1) is 18.8. The van der Waals surface area contributed by atoms with E-state index in [4.69, 9.17) is 0 Å². The van der Waals surface area contributed by atoms with Gasteiger partial charge in [-0.25, -0.2) is 0 Å². The molecule has 0 radical (unpaired) electrons. The lowest BCUT2D eigenvalue weighted by molar-refractivity contribution is -0.123. The predicted octanol–water partition coefficient (Wildman–Crippen LogP) is 2.04. The highest BCUT2D eigenvalue weighted by Gasteiger charge is 2.05. The van der Waals surface area contributed by atoms with E-state index in [-0.39, 0.29) is 11.8 Å². The smallest absolute Gasteiger partial charge is 0.222 e. The van der Waals surface area contributed by atoms with Gasteiger partial charge in [-0.15, -0.1) is 0 Å². The number of aliphatic imine (C=N–C) groups is 1. The molecule has 1 aromatic heterocycles. The van der Waals surface area contributed by atoms with Crippen molar-refractivity contribution >= 4 is 22.8 Å². The minimum atomic E-state index is 0.0121. The second-order valence-corrected chi connectivity index (χ2v) is 6.24. The number of amides is 1. The molecule has 0 unspecified atom stereocenters. The Morgan fingerprint density at radius 2 is 1.92 bits per heavy atom. The van der Waals surface area contributed by atoms with Crippen LogP contribution in [0.4, 0.5) is 0 Å². The van der Waals surface area contributed by atoms with E-state index >= 15 is 0 Å². The summed E-state index contributed by atoms with van der Waals surface area (Å²) < 4.78 is 0. The Bertz CT molecular complexity index is 705. The summed E-state index contributed by atoms with van der Waals surface area (Å²) in [5, 5.41) is 10.6. The van der Waals surface area contributed by atoms with Gasteiger partial charge >= 0.3 is 0 Å². The van der Waals surface area contributed by atoms with Gasteiger partial charge in [-0.05, 0) is 25.0 Å². The summed E-state index contributed by atoms with van der Waals surface area (Å²) in [4.78, 5) is 19.4. The maximum Gasteiger partial charge on any atom is 0.222 e. The van der Waals surface area contributed by atoms with Gasteiger partial charge in [0.2, 0.25) is 5.91 Å². The molecule has 4 N–H and O–H groups in total. The molecule has 2 rings (SSSR count). The summed E-state index contributed by atoms with van der Waals surface area (Å²) in [6, 6.07) is 8.30. The van der Waals surface area contributed by atoms with E-state index in [2.05, 4.69) is 50.3 Å². The molecule has 0 aliphatic heterocycles. The predicted molar refractivity (Wildman–Crippen MR) is 104 cm³/mol. The van der Waals surface area contributed by atoms with Crippen LogP contribution in [0.25, 0.3) is 10.9 Å². The van der Waals surface area contributed by atoms with Crippen LogP contribution in [0.3, 0.4) is 0 Å². The number of hydrogen-bond donors (Lipinski definition) is 4. The summed E-state index contributed by atoms with van der Waals surface area (Å²) in [6.07, 6.45) is 2.94. The fourth-order valence-electron chi connectivity index (χ4n) is 2.54. The number of guanidine groups is 1. The van der Waals surface area contributed by atoms with Gasteiger partial charge in [0.15, 0.2) is 5.96 Å². The lowest BCUT2D eigenvalue weighted by Crippen LogP contribution is -2.42. The number of aromatic nitrogens is 1. The molecule has 0 saturated heterocycles. The molecular weight excluding hydrogens is 314 g/mol. The van der Waals surface area contributed by atoms with Gasteiger partial charge in [0.05, 0.1) is 0 Å². The van der Waals surface area contributed by atoms with Crippen molar-refractivity contribution in [3.63, 3.8) is 0 Å². The highest BCUT2D eigenvalue weighted by atomic mass is 16.1. The number of rotatable bonds is 8. The summed E-state index contributed by atoms with van der Waals surface area (Å²) in [7, 11) is 0. The number of para-hydroxylation sites is 1. The van der Waals surface area contributed by atoms with E-state index < -0.39 is 0 Å². The van der Waals surface area contributed by atoms with Gasteiger partial charge in [-0.1, -0.05) is 32.0 Å². The quantitative estimate of drug-likeness (QED) is 0.336. The van der Waals surface area contributed by atoms with Crippen LogP contribution >= 0.6 is 0 Å². The van der Waals surface area contributed by atoms with Crippen molar-refractivity contribution in [1.29, 1.82) is 0 Å². The Hall–Kier alpha value is -2.50. The van der Waals surface area contributed by atoms with Crippen molar-refractivity contribution in [3.05, 3.63) is 36.0 Å². The van der Waals surface area contributed by atoms with Gasteiger partial charge in [0, 0.05) is 49.2 Å². The van der Waals surface area contributed by atoms with E-state index in [1.54, 1.807) is 0 Å². The van der Waals surface area contributed by atoms with E-state index in [1.807, 2.05) is 26.8 Å². The Balaban J connectivity index is 1.81. The lowest BCUT2D eigenvalue weighted by atomic mass is 10.1. The van der Waals surface area contributed by atoms with Crippen LogP contribution in [-0.4, -0.2) is 43.0 Å². The van der Waals surface area contributed by atoms with Crippen LogP contribution in [0.1, 0.15) is 26.3 Å². The van der Waals surface area contributed by atoms with Gasteiger partial charge < -0.3 is 20.9 Å². The molecule has 0 bridgehead atoms. The Morgan fingerprint density at radius 3 is 2.68 bits per heavy atom. The van der Waals surface area contributed by atoms with Crippen LogP contribution in [-0.2, 0) is 11.2 Å². The van der Waals surface area contributed by atoms with Gasteiger partial charge in [-0.2, -0.15) is 0 Å². The SMILES string of the molecule is CCNC(=NCCc1c[nH]c2ccccc12)NCCNC(=O)C(C)C. The minimum Gasteiger partial charge on any atom is -0.361 e. The standard InChI is InChI=1S/C19H29N5O/c1-4-20-19(23-12-11-21-18(25)14(2)3)22-10-9-15-13-24-17-8-6-5-7-16(15)17/h5-8,13-14,24H,4,9-12H2,1-3H3,(H,21,25)(H2,20,22,23). The zero-order chi connectivity index (χ0) is 18.1. The van der Waals surface area contributed by atoms with Crippen LogP contribution < -0.4 is 16.0 Å². The Morgan fingerprint density at radius 1 is 1.16 bits per heavy atom. The topological polar surface area (TPSA) is 81.3 Å². The molecule has 0 spiro atoms. The number of nitrogens with one attached hydrogen (secondary N) is 4. The van der Waals surface area contributed by atoms with Crippen molar-refractivity contribution in [3.8, 4) is 0 Å². The van der Waals surface area contributed by atoms with Crippen molar-refractivity contribution in [1.82, 2.24) is 20.9 Å². The van der Waals surface area contributed by atoms with E-state index in [1.165, 1.54) is 10.9 Å². The van der Waals surface area contributed by atoms with Crippen LogP contribution in [0.2, 0.25) is 0 Å². The first-order valence-electron chi connectivity index (χ1n) is 8.96. The maximum absolute atomic E-state index is 11.5. The minimum absolute atomic E-state index is 0.0121. The highest BCUT2D eigenvalue weighted by Crippen LogP contribution is 2.17. The fourth-order valence-corrected chi connectivity index (χ4v) is 2.54. The third-order valence-electron chi connectivity index (χ3n) is 3.91. The monoisotopic (exact) mass is 343 g/mol. The number of H-pyrrole nitrogens is 1. The molecule has 6 nitrogen and oxygen atoms in total. The summed E-state index contributed by atoms with van der Waals surface area (Å²) >= 11 is 0. The Labute approximate surface area is 149 Å². The van der Waals surface area contributed by atoms with Crippen LogP contribution in [0.15, 0.2) is 35.5 Å². The molecule has 0 aliphatic rings. The van der Waals surface area contributed by atoms with Gasteiger partial charge in [-0.3, -0.25) is 9.79 Å². The van der Waals surface area contributed by atoms with Gasteiger partial charge in [0.1, 0.15) is 0 Å². The van der Waals surface area contributed by atoms with Crippen LogP contribution in [0.5, 0.6) is 0 Å². The molecule has 2 aromatic rings. The number of benzene rings is 1. The first-order chi connectivity index (χ1) is 12.1. The molecule has 0 atom stereocenters. The number of fused-ring (bicyclic) bond motifs is 1. The average Bonchev–Trinajstić information content (AvgIpc) is 3.01. The molecule has 0 aliphatic carbocycles. The summed E-state index contributed by atoms with van der Waals surface area (Å²) in [6.45, 7) is 8.56.